The van der Waals surface area contributed by atoms with Gasteiger partial charge in [0.05, 0.1) is 29.0 Å². The minimum atomic E-state index is -1.91. The minimum absolute atomic E-state index is 0.000579. The molecule has 4 heterocycles. The fraction of sp³-hybridized carbons (Fsp3) is 0.429. The molecule has 3 amide bonds. The lowest BCUT2D eigenvalue weighted by molar-refractivity contribution is -0.172. The van der Waals surface area contributed by atoms with E-state index in [1.165, 1.54) is 6.08 Å². The van der Waals surface area contributed by atoms with Crippen LogP contribution in [0.5, 0.6) is 0 Å². The molecule has 2 aromatic heterocycles. The van der Waals surface area contributed by atoms with E-state index in [-0.39, 0.29) is 42.2 Å². The van der Waals surface area contributed by atoms with Crippen LogP contribution in [0.3, 0.4) is 0 Å². The molecule has 0 saturated carbocycles. The summed E-state index contributed by atoms with van der Waals surface area (Å²) in [5.41, 5.74) is 3.67. The number of carbonyl (C=O) groups is 4. The highest BCUT2D eigenvalue weighted by Crippen LogP contribution is 2.43. The summed E-state index contributed by atoms with van der Waals surface area (Å²) in [7, 11) is 0. The van der Waals surface area contributed by atoms with E-state index in [9.17, 15) is 29.1 Å². The Morgan fingerprint density at radius 2 is 1.85 bits per heavy atom. The van der Waals surface area contributed by atoms with Crippen LogP contribution in [0.15, 0.2) is 35.6 Å². The van der Waals surface area contributed by atoms with Gasteiger partial charge >= 0.3 is 12.1 Å². The van der Waals surface area contributed by atoms with Crippen LogP contribution < -0.4 is 21.5 Å². The molecule has 13 heteroatoms. The van der Waals surface area contributed by atoms with Gasteiger partial charge in [-0.15, -0.1) is 0 Å². The van der Waals surface area contributed by atoms with Gasteiger partial charge in [-0.3, -0.25) is 14.4 Å². The summed E-state index contributed by atoms with van der Waals surface area (Å²) >= 11 is 0. The van der Waals surface area contributed by atoms with Crippen molar-refractivity contribution in [2.24, 2.45) is 5.92 Å². The Bertz CT molecular complexity index is 1950. The Morgan fingerprint density at radius 3 is 2.56 bits per heavy atom. The first-order chi connectivity index (χ1) is 22.9. The second kappa shape index (κ2) is 12.5. The van der Waals surface area contributed by atoms with Crippen molar-refractivity contribution >= 4 is 40.5 Å². The molecule has 1 aromatic carbocycles. The minimum Gasteiger partial charge on any atom is -0.458 e. The molecule has 252 valence electrons. The lowest BCUT2D eigenvalue weighted by Crippen LogP contribution is -2.53. The largest absolute Gasteiger partial charge is 0.458 e. The number of cyclic esters (lactones) is 1. The molecular formula is C35H39N5O8. The number of hydrogen-bond donors (Lipinski definition) is 4. The first-order valence-electron chi connectivity index (χ1n) is 16.2. The lowest BCUT2D eigenvalue weighted by Gasteiger charge is -2.31. The summed E-state index contributed by atoms with van der Waals surface area (Å²) < 4.78 is 11.8. The molecule has 0 saturated heterocycles. The van der Waals surface area contributed by atoms with Crippen molar-refractivity contribution in [3.05, 3.63) is 69.0 Å². The third-order valence-electron chi connectivity index (χ3n) is 9.49. The molecule has 6 rings (SSSR count). The summed E-state index contributed by atoms with van der Waals surface area (Å²) in [6, 6.07) is 3.47. The summed E-state index contributed by atoms with van der Waals surface area (Å²) in [5.74, 6) is -1.98. The van der Waals surface area contributed by atoms with Gasteiger partial charge in [-0.1, -0.05) is 33.4 Å². The van der Waals surface area contributed by atoms with Gasteiger partial charge in [0.1, 0.15) is 25.3 Å². The number of ether oxygens (including phenoxy) is 2. The predicted octanol–water partition coefficient (Wildman–Crippen LogP) is 2.95. The molecule has 3 atom stereocenters. The third kappa shape index (κ3) is 5.41. The summed E-state index contributed by atoms with van der Waals surface area (Å²) in [4.78, 5) is 69.7. The van der Waals surface area contributed by atoms with Crippen molar-refractivity contribution in [3.63, 3.8) is 0 Å². The molecule has 3 aromatic rings. The second-order valence-corrected chi connectivity index (χ2v) is 12.8. The Morgan fingerprint density at radius 1 is 1.10 bits per heavy atom. The average molecular weight is 658 g/mol. The van der Waals surface area contributed by atoms with Gasteiger partial charge < -0.3 is 35.1 Å². The average Bonchev–Trinajstić information content (AvgIpc) is 3.44. The quantitative estimate of drug-likeness (QED) is 0.156. The summed E-state index contributed by atoms with van der Waals surface area (Å²) in [6.07, 6.45) is 2.97. The maximum absolute atomic E-state index is 13.7. The van der Waals surface area contributed by atoms with E-state index in [2.05, 4.69) is 22.5 Å². The molecule has 4 N–H and O–H groups in total. The number of anilines is 1. The first kappa shape index (κ1) is 32.9. The number of pyridine rings is 2. The van der Waals surface area contributed by atoms with Crippen molar-refractivity contribution in [1.29, 1.82) is 0 Å². The maximum Gasteiger partial charge on any atom is 0.408 e. The fourth-order valence-electron chi connectivity index (χ4n) is 6.88. The van der Waals surface area contributed by atoms with Crippen LogP contribution in [0.4, 0.5) is 10.5 Å². The zero-order valence-electron chi connectivity index (χ0n) is 27.4. The van der Waals surface area contributed by atoms with Gasteiger partial charge in [-0.05, 0) is 67.9 Å². The number of carbonyl (C=O) groups excluding carboxylic acids is 4. The van der Waals surface area contributed by atoms with E-state index in [4.69, 9.17) is 14.5 Å². The van der Waals surface area contributed by atoms with Crippen molar-refractivity contribution in [3.8, 4) is 11.4 Å². The topological polar surface area (TPSA) is 178 Å². The highest BCUT2D eigenvalue weighted by Gasteiger charge is 2.45. The smallest absolute Gasteiger partial charge is 0.408 e. The molecule has 0 fully saturated rings. The number of fused-ring (bicyclic) bond motifs is 5. The molecule has 0 bridgehead atoms. The van der Waals surface area contributed by atoms with Crippen LogP contribution in [0.2, 0.25) is 0 Å². The summed E-state index contributed by atoms with van der Waals surface area (Å²) in [6.45, 7) is 10.4. The zero-order chi connectivity index (χ0) is 34.5. The van der Waals surface area contributed by atoms with Crippen molar-refractivity contribution < 1.29 is 33.8 Å². The summed E-state index contributed by atoms with van der Waals surface area (Å²) in [5, 5.41) is 20.3. The van der Waals surface area contributed by atoms with E-state index in [1.54, 1.807) is 44.4 Å². The van der Waals surface area contributed by atoms with Gasteiger partial charge in [0.25, 0.3) is 5.56 Å². The molecule has 0 spiro atoms. The van der Waals surface area contributed by atoms with Crippen LogP contribution >= 0.6 is 0 Å². The number of rotatable bonds is 9. The number of hydrogen-bond acceptors (Lipinski definition) is 9. The van der Waals surface area contributed by atoms with E-state index in [1.807, 2.05) is 6.07 Å². The molecule has 0 radical (unpaired) electrons. The van der Waals surface area contributed by atoms with Crippen molar-refractivity contribution in [2.75, 3.05) is 11.9 Å². The molecule has 0 unspecified atom stereocenters. The van der Waals surface area contributed by atoms with Gasteiger partial charge in [0.15, 0.2) is 5.60 Å². The van der Waals surface area contributed by atoms with Crippen LogP contribution in [0.25, 0.3) is 22.3 Å². The Labute approximate surface area is 276 Å². The number of aromatic nitrogens is 2. The fourth-order valence-corrected chi connectivity index (χ4v) is 6.88. The van der Waals surface area contributed by atoms with E-state index >= 15 is 0 Å². The standard InChI is InChI=1S/C35H39N5O8/c1-6-13-47-34(45)39-28(17(3)4)31(42)36-18(5)30(41)38-24-11-12-25-27-19(9-8-10-20(24)27)21-15-40-26(29(21)37-25)14-23-22(32(40)43)16-48-33(44)35(23,46)7-2/h6,11-12,14,17-18,28,46H,1,7-10,13,15-16H2,2-5H3,(H,36,42)(H,38,41)(H,39,45)/t18-,28-,35-/m0/s1. The SMILES string of the molecule is C=CCOC(=O)N[C@H](C(=O)N[C@@H](C)C(=O)Nc1ccc2nc3c(c4c2c1CCC4)Cn1c-3cc2c(c1=O)COC(=O)[C@]2(O)CC)C(C)C. The lowest BCUT2D eigenvalue weighted by atomic mass is 9.85. The second-order valence-electron chi connectivity index (χ2n) is 12.8. The number of nitrogens with one attached hydrogen (secondary N) is 3. The molecule has 2 aliphatic heterocycles. The van der Waals surface area contributed by atoms with Crippen molar-refractivity contribution in [2.45, 2.75) is 84.2 Å². The normalized spacial score (nSPS) is 18.6. The maximum atomic E-state index is 13.7. The number of nitrogens with zero attached hydrogens (tertiary/aromatic N) is 2. The van der Waals surface area contributed by atoms with Gasteiger partial charge in [0.2, 0.25) is 11.8 Å². The first-order valence-corrected chi connectivity index (χ1v) is 16.2. The molecule has 3 aliphatic rings. The molecule has 48 heavy (non-hydrogen) atoms. The van der Waals surface area contributed by atoms with Crippen LogP contribution in [0, 0.1) is 5.92 Å². The monoisotopic (exact) mass is 657 g/mol. The van der Waals surface area contributed by atoms with E-state index < -0.39 is 41.6 Å². The molecule has 13 nitrogen and oxygen atoms in total. The third-order valence-corrected chi connectivity index (χ3v) is 9.49. The van der Waals surface area contributed by atoms with E-state index in [0.29, 0.717) is 35.6 Å². The molecule has 1 aliphatic carbocycles. The Balaban J connectivity index is 1.28. The number of esters is 1. The molecular weight excluding hydrogens is 618 g/mol. The number of alkyl carbamates (subject to hydrolysis) is 1. The number of aryl methyl sites for hydroxylation is 2. The zero-order valence-corrected chi connectivity index (χ0v) is 27.4. The van der Waals surface area contributed by atoms with Gasteiger partial charge in [-0.25, -0.2) is 14.6 Å². The number of benzene rings is 1. The van der Waals surface area contributed by atoms with Gasteiger partial charge in [0, 0.05) is 22.2 Å². The van der Waals surface area contributed by atoms with Crippen molar-refractivity contribution in [1.82, 2.24) is 20.2 Å². The Kier molecular flexibility index (Phi) is 8.58. The predicted molar refractivity (Wildman–Crippen MR) is 176 cm³/mol. The van der Waals surface area contributed by atoms with Crippen LogP contribution in [-0.4, -0.2) is 57.2 Å². The number of aliphatic hydroxyl groups is 1. The Hall–Kier alpha value is -5.04. The van der Waals surface area contributed by atoms with Gasteiger partial charge in [-0.2, -0.15) is 0 Å². The van der Waals surface area contributed by atoms with Crippen LogP contribution in [-0.2, 0) is 55.5 Å². The van der Waals surface area contributed by atoms with Crippen LogP contribution in [0.1, 0.15) is 68.4 Å². The number of amides is 3. The highest BCUT2D eigenvalue weighted by molar-refractivity contribution is 6.02. The highest BCUT2D eigenvalue weighted by atomic mass is 16.6. The van der Waals surface area contributed by atoms with E-state index in [0.717, 1.165) is 34.9 Å².